The van der Waals surface area contributed by atoms with Crippen LogP contribution in [0, 0.1) is 0 Å². The van der Waals surface area contributed by atoms with Crippen LogP contribution < -0.4 is 0 Å². The number of thiol groups is 2. The van der Waals surface area contributed by atoms with Gasteiger partial charge in [0.2, 0.25) is 0 Å². The third-order valence-corrected chi connectivity index (χ3v) is 5.08. The van der Waals surface area contributed by atoms with Crippen LogP contribution in [0.3, 0.4) is 0 Å². The zero-order valence-electron chi connectivity index (χ0n) is 10.5. The molecule has 0 saturated heterocycles. The first-order chi connectivity index (χ1) is 8.69. The molecular formula is C16H18S2. The standard InChI is InChI=1S/C16H18S2/c1-2-15(17)16(18,13-9-5-3-6-10-13)14-11-7-4-8-12-14/h3-12,15,17-18H,2H2,1H3. The highest BCUT2D eigenvalue weighted by Crippen LogP contribution is 2.42. The molecule has 0 fully saturated rings. The molecule has 2 aromatic rings. The van der Waals surface area contributed by atoms with Crippen molar-refractivity contribution >= 4 is 25.3 Å². The van der Waals surface area contributed by atoms with Gasteiger partial charge in [-0.2, -0.15) is 25.3 Å². The second-order valence-corrected chi connectivity index (χ2v) is 5.75. The van der Waals surface area contributed by atoms with Crippen molar-refractivity contribution in [2.75, 3.05) is 0 Å². The molecule has 18 heavy (non-hydrogen) atoms. The second kappa shape index (κ2) is 5.85. The molecule has 0 heterocycles. The summed E-state index contributed by atoms with van der Waals surface area (Å²) in [6.45, 7) is 2.15. The van der Waals surface area contributed by atoms with Crippen LogP contribution in [0.2, 0.25) is 0 Å². The highest BCUT2D eigenvalue weighted by atomic mass is 32.1. The zero-order valence-corrected chi connectivity index (χ0v) is 12.2. The van der Waals surface area contributed by atoms with Gasteiger partial charge in [0, 0.05) is 5.25 Å². The van der Waals surface area contributed by atoms with Crippen molar-refractivity contribution in [2.45, 2.75) is 23.3 Å². The highest BCUT2D eigenvalue weighted by molar-refractivity contribution is 7.85. The van der Waals surface area contributed by atoms with Crippen molar-refractivity contribution in [3.63, 3.8) is 0 Å². The molecule has 0 aliphatic heterocycles. The molecular weight excluding hydrogens is 256 g/mol. The van der Waals surface area contributed by atoms with Gasteiger partial charge >= 0.3 is 0 Å². The van der Waals surface area contributed by atoms with E-state index in [1.54, 1.807) is 0 Å². The van der Waals surface area contributed by atoms with Gasteiger partial charge in [-0.1, -0.05) is 67.6 Å². The molecule has 0 spiro atoms. The van der Waals surface area contributed by atoms with Gasteiger partial charge < -0.3 is 0 Å². The first-order valence-corrected chi connectivity index (χ1v) is 7.17. The Bertz CT molecular complexity index is 439. The largest absolute Gasteiger partial charge is 0.174 e. The zero-order chi connectivity index (χ0) is 13.0. The van der Waals surface area contributed by atoms with Crippen LogP contribution >= 0.6 is 25.3 Å². The SMILES string of the molecule is CCC(S)C(S)(c1ccccc1)c1ccccc1. The minimum Gasteiger partial charge on any atom is -0.174 e. The fourth-order valence-corrected chi connectivity index (χ4v) is 3.01. The molecule has 0 N–H and O–H groups in total. The fourth-order valence-electron chi connectivity index (χ4n) is 2.23. The van der Waals surface area contributed by atoms with E-state index < -0.39 is 0 Å². The number of benzene rings is 2. The third-order valence-electron chi connectivity index (χ3n) is 3.30. The lowest BCUT2D eigenvalue weighted by atomic mass is 9.86. The molecule has 2 heteroatoms. The maximum atomic E-state index is 5.00. The maximum absolute atomic E-state index is 5.00. The molecule has 2 aromatic carbocycles. The van der Waals surface area contributed by atoms with E-state index in [-0.39, 0.29) is 10.00 Å². The van der Waals surface area contributed by atoms with Crippen molar-refractivity contribution < 1.29 is 0 Å². The summed E-state index contributed by atoms with van der Waals surface area (Å²) in [7, 11) is 0. The summed E-state index contributed by atoms with van der Waals surface area (Å²) in [5, 5.41) is 0.172. The molecule has 1 atom stereocenters. The molecule has 0 aliphatic rings. The van der Waals surface area contributed by atoms with Gasteiger partial charge in [0.25, 0.3) is 0 Å². The van der Waals surface area contributed by atoms with Crippen LogP contribution in [0.4, 0.5) is 0 Å². The van der Waals surface area contributed by atoms with Crippen LogP contribution in [0.1, 0.15) is 24.5 Å². The number of rotatable bonds is 4. The van der Waals surface area contributed by atoms with E-state index in [0.717, 1.165) is 6.42 Å². The summed E-state index contributed by atoms with van der Waals surface area (Å²) in [5.41, 5.74) is 2.39. The van der Waals surface area contributed by atoms with Gasteiger partial charge in [0.05, 0.1) is 4.75 Å². The van der Waals surface area contributed by atoms with Gasteiger partial charge in [-0.3, -0.25) is 0 Å². The van der Waals surface area contributed by atoms with Crippen LogP contribution in [0.15, 0.2) is 60.7 Å². The molecule has 2 rings (SSSR count). The molecule has 0 saturated carbocycles. The number of hydrogen-bond donors (Lipinski definition) is 2. The van der Waals surface area contributed by atoms with Crippen molar-refractivity contribution in [1.29, 1.82) is 0 Å². The Hall–Kier alpha value is -0.860. The lowest BCUT2D eigenvalue weighted by Gasteiger charge is -2.35. The first kappa shape index (κ1) is 13.6. The van der Waals surface area contributed by atoms with Gasteiger partial charge in [-0.05, 0) is 17.5 Å². The van der Waals surface area contributed by atoms with E-state index in [1.165, 1.54) is 11.1 Å². The minimum absolute atomic E-state index is 0.172. The van der Waals surface area contributed by atoms with Crippen molar-refractivity contribution in [3.05, 3.63) is 71.8 Å². The Morgan fingerprint density at radius 2 is 1.28 bits per heavy atom. The van der Waals surface area contributed by atoms with Crippen molar-refractivity contribution in [1.82, 2.24) is 0 Å². The van der Waals surface area contributed by atoms with E-state index in [4.69, 9.17) is 25.3 Å². The monoisotopic (exact) mass is 274 g/mol. The molecule has 0 aliphatic carbocycles. The van der Waals surface area contributed by atoms with Gasteiger partial charge in [-0.25, -0.2) is 0 Å². The quantitative estimate of drug-likeness (QED) is 0.750. The Morgan fingerprint density at radius 1 is 0.889 bits per heavy atom. The smallest absolute Gasteiger partial charge is 0.0742 e. The summed E-state index contributed by atoms with van der Waals surface area (Å²) < 4.78 is -0.347. The fraction of sp³-hybridized carbons (Fsp3) is 0.250. The third kappa shape index (κ3) is 2.45. The molecule has 0 amide bonds. The average molecular weight is 274 g/mol. The van der Waals surface area contributed by atoms with E-state index in [9.17, 15) is 0 Å². The lowest BCUT2D eigenvalue weighted by molar-refractivity contribution is 0.673. The predicted octanol–water partition coefficient (Wildman–Crippen LogP) is 4.57. The Kier molecular flexibility index (Phi) is 4.41. The molecule has 0 radical (unpaired) electrons. The first-order valence-electron chi connectivity index (χ1n) is 6.21. The summed E-state index contributed by atoms with van der Waals surface area (Å²) in [5.74, 6) is 0. The van der Waals surface area contributed by atoms with Crippen LogP contribution in [0.25, 0.3) is 0 Å². The predicted molar refractivity (Wildman–Crippen MR) is 85.7 cm³/mol. The second-order valence-electron chi connectivity index (χ2n) is 4.42. The van der Waals surface area contributed by atoms with Gasteiger partial charge in [0.1, 0.15) is 0 Å². The summed E-state index contributed by atoms with van der Waals surface area (Å²) in [6, 6.07) is 20.8. The van der Waals surface area contributed by atoms with Crippen LogP contribution in [-0.2, 0) is 4.75 Å². The molecule has 94 valence electrons. The molecule has 0 nitrogen and oxygen atoms in total. The highest BCUT2D eigenvalue weighted by Gasteiger charge is 2.35. The molecule has 0 aromatic heterocycles. The maximum Gasteiger partial charge on any atom is 0.0742 e. The van der Waals surface area contributed by atoms with E-state index in [1.807, 2.05) is 12.1 Å². The summed E-state index contributed by atoms with van der Waals surface area (Å²) in [6.07, 6.45) is 0.969. The topological polar surface area (TPSA) is 0 Å². The van der Waals surface area contributed by atoms with Crippen LogP contribution in [-0.4, -0.2) is 5.25 Å². The van der Waals surface area contributed by atoms with Crippen molar-refractivity contribution in [2.24, 2.45) is 0 Å². The van der Waals surface area contributed by atoms with Crippen molar-refractivity contribution in [3.8, 4) is 0 Å². The van der Waals surface area contributed by atoms with Gasteiger partial charge in [0.15, 0.2) is 0 Å². The average Bonchev–Trinajstić information content (AvgIpc) is 2.47. The van der Waals surface area contributed by atoms with E-state index in [0.29, 0.717) is 0 Å². The minimum atomic E-state index is -0.347. The Balaban J connectivity index is 2.55. The van der Waals surface area contributed by atoms with Crippen LogP contribution in [0.5, 0.6) is 0 Å². The normalized spacial score (nSPS) is 13.3. The lowest BCUT2D eigenvalue weighted by Crippen LogP contribution is -2.31. The number of hydrogen-bond acceptors (Lipinski definition) is 2. The van der Waals surface area contributed by atoms with E-state index >= 15 is 0 Å². The van der Waals surface area contributed by atoms with Gasteiger partial charge in [-0.15, -0.1) is 0 Å². The summed E-state index contributed by atoms with van der Waals surface area (Å²) in [4.78, 5) is 0. The Morgan fingerprint density at radius 3 is 1.61 bits per heavy atom. The van der Waals surface area contributed by atoms with E-state index in [2.05, 4.69) is 55.5 Å². The molecule has 1 unspecified atom stereocenters. The summed E-state index contributed by atoms with van der Waals surface area (Å²) >= 11 is 9.75. The molecule has 0 bridgehead atoms. The Labute approximate surface area is 120 Å².